The van der Waals surface area contributed by atoms with Gasteiger partial charge in [0.15, 0.2) is 6.23 Å². The highest BCUT2D eigenvalue weighted by molar-refractivity contribution is 9.10. The summed E-state index contributed by atoms with van der Waals surface area (Å²) < 4.78 is 7.41. The largest absolute Gasteiger partial charge is 0.356 e. The van der Waals surface area contributed by atoms with E-state index in [0.29, 0.717) is 11.1 Å². The molecule has 2 rings (SSSR count). The van der Waals surface area contributed by atoms with Crippen LogP contribution in [0.5, 0.6) is 0 Å². The third kappa shape index (κ3) is 1.88. The summed E-state index contributed by atoms with van der Waals surface area (Å²) in [4.78, 5) is 11.6. The van der Waals surface area contributed by atoms with Crippen molar-refractivity contribution in [1.82, 2.24) is 9.78 Å². The van der Waals surface area contributed by atoms with Gasteiger partial charge in [-0.15, -0.1) is 0 Å². The van der Waals surface area contributed by atoms with E-state index < -0.39 is 0 Å². The van der Waals surface area contributed by atoms with Crippen molar-refractivity contribution in [3.05, 3.63) is 27.1 Å². The lowest BCUT2D eigenvalue weighted by Crippen LogP contribution is -2.30. The summed E-state index contributed by atoms with van der Waals surface area (Å²) in [6.07, 6.45) is 4.44. The van der Waals surface area contributed by atoms with Crippen molar-refractivity contribution >= 4 is 15.9 Å². The Bertz CT molecular complexity index is 371. The number of halogens is 1. The molecule has 0 bridgehead atoms. The van der Waals surface area contributed by atoms with Crippen molar-refractivity contribution in [1.29, 1.82) is 0 Å². The van der Waals surface area contributed by atoms with Gasteiger partial charge < -0.3 is 4.74 Å². The molecular weight excluding hydrogens is 248 g/mol. The first-order valence-electron chi connectivity index (χ1n) is 4.64. The summed E-state index contributed by atoms with van der Waals surface area (Å²) in [7, 11) is 0. The molecule has 0 amide bonds. The van der Waals surface area contributed by atoms with Crippen LogP contribution >= 0.6 is 15.9 Å². The maximum atomic E-state index is 11.6. The van der Waals surface area contributed by atoms with E-state index in [9.17, 15) is 4.79 Å². The molecule has 0 aliphatic carbocycles. The fourth-order valence-electron chi connectivity index (χ4n) is 1.53. The van der Waals surface area contributed by atoms with E-state index in [1.165, 1.54) is 4.68 Å². The van der Waals surface area contributed by atoms with E-state index in [1.54, 1.807) is 12.3 Å². The lowest BCUT2D eigenvalue weighted by molar-refractivity contribution is -0.0426. The van der Waals surface area contributed by atoms with Gasteiger partial charge in [0.05, 0.1) is 4.47 Å². The molecule has 1 aromatic heterocycles. The Morgan fingerprint density at radius 1 is 1.57 bits per heavy atom. The van der Waals surface area contributed by atoms with E-state index in [-0.39, 0.29) is 11.8 Å². The molecule has 1 saturated heterocycles. The maximum absolute atomic E-state index is 11.6. The molecule has 0 N–H and O–H groups in total. The first-order valence-corrected chi connectivity index (χ1v) is 5.43. The van der Waals surface area contributed by atoms with Crippen LogP contribution in [0.1, 0.15) is 25.5 Å². The van der Waals surface area contributed by atoms with Gasteiger partial charge in [-0.1, -0.05) is 0 Å². The van der Waals surface area contributed by atoms with Crippen LogP contribution in [0.3, 0.4) is 0 Å². The fraction of sp³-hybridized carbons (Fsp3) is 0.556. The van der Waals surface area contributed by atoms with Crippen LogP contribution in [0.15, 0.2) is 21.5 Å². The number of rotatable bonds is 1. The minimum Gasteiger partial charge on any atom is -0.356 e. The van der Waals surface area contributed by atoms with Crippen molar-refractivity contribution in [2.45, 2.75) is 25.5 Å². The minimum absolute atomic E-state index is 0.126. The second-order valence-corrected chi connectivity index (χ2v) is 4.10. The summed E-state index contributed by atoms with van der Waals surface area (Å²) in [5, 5.41) is 4.01. The second kappa shape index (κ2) is 4.23. The number of aromatic nitrogens is 2. The summed E-state index contributed by atoms with van der Waals surface area (Å²) >= 11 is 3.18. The molecule has 0 saturated carbocycles. The third-order valence-electron chi connectivity index (χ3n) is 2.25. The monoisotopic (exact) mass is 258 g/mol. The van der Waals surface area contributed by atoms with Gasteiger partial charge >= 0.3 is 0 Å². The third-order valence-corrected chi connectivity index (χ3v) is 2.86. The van der Waals surface area contributed by atoms with E-state index in [4.69, 9.17) is 4.74 Å². The standard InChI is InChI=1S/C9H11BrN2O2/c10-7-4-5-11-12(9(7)13)8-3-1-2-6-14-8/h4-5,8H,1-3,6H2/t8-/m0/s1. The van der Waals surface area contributed by atoms with Gasteiger partial charge in [0.25, 0.3) is 5.56 Å². The summed E-state index contributed by atoms with van der Waals surface area (Å²) in [6.45, 7) is 0.714. The Morgan fingerprint density at radius 3 is 3.14 bits per heavy atom. The van der Waals surface area contributed by atoms with E-state index in [1.807, 2.05) is 0 Å². The zero-order valence-electron chi connectivity index (χ0n) is 7.65. The predicted molar refractivity (Wildman–Crippen MR) is 55.0 cm³/mol. The SMILES string of the molecule is O=c1c(Br)ccnn1[C@@H]1CCCCO1. The molecule has 5 heteroatoms. The molecule has 14 heavy (non-hydrogen) atoms. The van der Waals surface area contributed by atoms with Crippen molar-refractivity contribution in [2.24, 2.45) is 0 Å². The number of hydrogen-bond donors (Lipinski definition) is 0. The molecule has 1 fully saturated rings. The zero-order chi connectivity index (χ0) is 9.97. The summed E-state index contributed by atoms with van der Waals surface area (Å²) in [5.74, 6) is 0. The first-order chi connectivity index (χ1) is 6.79. The topological polar surface area (TPSA) is 44.1 Å². The van der Waals surface area contributed by atoms with Gasteiger partial charge in [-0.2, -0.15) is 9.78 Å². The quantitative estimate of drug-likeness (QED) is 0.771. The van der Waals surface area contributed by atoms with Crippen LogP contribution in [0.4, 0.5) is 0 Å². The van der Waals surface area contributed by atoms with Gasteiger partial charge in [0.1, 0.15) is 0 Å². The second-order valence-electron chi connectivity index (χ2n) is 3.25. The van der Waals surface area contributed by atoms with Crippen LogP contribution in [0.25, 0.3) is 0 Å². The van der Waals surface area contributed by atoms with Crippen molar-refractivity contribution in [3.8, 4) is 0 Å². The molecule has 76 valence electrons. The first kappa shape index (κ1) is 9.86. The zero-order valence-corrected chi connectivity index (χ0v) is 9.24. The number of ether oxygens (including phenoxy) is 1. The van der Waals surface area contributed by atoms with E-state index >= 15 is 0 Å². The van der Waals surface area contributed by atoms with Crippen LogP contribution < -0.4 is 5.56 Å². The number of hydrogen-bond acceptors (Lipinski definition) is 3. The molecule has 1 aromatic rings. The molecule has 1 atom stereocenters. The van der Waals surface area contributed by atoms with Crippen LogP contribution in [0, 0.1) is 0 Å². The Morgan fingerprint density at radius 2 is 2.43 bits per heavy atom. The van der Waals surface area contributed by atoms with Crippen molar-refractivity contribution < 1.29 is 4.74 Å². The van der Waals surface area contributed by atoms with Crippen molar-refractivity contribution in [2.75, 3.05) is 6.61 Å². The average Bonchev–Trinajstić information content (AvgIpc) is 2.23. The van der Waals surface area contributed by atoms with Gasteiger partial charge in [0, 0.05) is 12.8 Å². The molecule has 2 heterocycles. The summed E-state index contributed by atoms with van der Waals surface area (Å²) in [6, 6.07) is 1.64. The highest BCUT2D eigenvalue weighted by Crippen LogP contribution is 2.20. The normalized spacial score (nSPS) is 22.2. The van der Waals surface area contributed by atoms with E-state index in [0.717, 1.165) is 19.3 Å². The lowest BCUT2D eigenvalue weighted by Gasteiger charge is -2.23. The minimum atomic E-state index is -0.186. The van der Waals surface area contributed by atoms with Crippen LogP contribution in [-0.4, -0.2) is 16.4 Å². The Labute approximate surface area is 90.0 Å². The molecule has 0 spiro atoms. The van der Waals surface area contributed by atoms with E-state index in [2.05, 4.69) is 21.0 Å². The fourth-order valence-corrected chi connectivity index (χ4v) is 1.83. The van der Waals surface area contributed by atoms with Gasteiger partial charge in [-0.05, 0) is 41.3 Å². The molecule has 1 aliphatic rings. The van der Waals surface area contributed by atoms with Crippen LogP contribution in [0.2, 0.25) is 0 Å². The predicted octanol–water partition coefficient (Wildman–Crippen LogP) is 1.70. The van der Waals surface area contributed by atoms with Crippen molar-refractivity contribution in [3.63, 3.8) is 0 Å². The molecule has 4 nitrogen and oxygen atoms in total. The molecule has 1 aliphatic heterocycles. The smallest absolute Gasteiger partial charge is 0.283 e. The number of nitrogens with zero attached hydrogens (tertiary/aromatic N) is 2. The molecular formula is C9H11BrN2O2. The lowest BCUT2D eigenvalue weighted by atomic mass is 10.2. The molecule has 0 aromatic carbocycles. The maximum Gasteiger partial charge on any atom is 0.283 e. The Balaban J connectivity index is 2.31. The highest BCUT2D eigenvalue weighted by atomic mass is 79.9. The Hall–Kier alpha value is -0.680. The highest BCUT2D eigenvalue weighted by Gasteiger charge is 2.18. The van der Waals surface area contributed by atoms with Gasteiger partial charge in [-0.25, -0.2) is 0 Å². The summed E-state index contributed by atoms with van der Waals surface area (Å²) in [5.41, 5.74) is -0.126. The molecule has 0 radical (unpaired) electrons. The molecule has 0 unspecified atom stereocenters. The van der Waals surface area contributed by atoms with Gasteiger partial charge in [-0.3, -0.25) is 4.79 Å². The Kier molecular flexibility index (Phi) is 2.98. The van der Waals surface area contributed by atoms with Gasteiger partial charge in [0.2, 0.25) is 0 Å². The van der Waals surface area contributed by atoms with Crippen LogP contribution in [-0.2, 0) is 4.74 Å². The average molecular weight is 259 g/mol.